The zero-order chi connectivity index (χ0) is 11.9. The first-order valence-corrected chi connectivity index (χ1v) is 7.25. The number of nitrogens with zero attached hydrogens (tertiary/aromatic N) is 1. The van der Waals surface area contributed by atoms with Crippen molar-refractivity contribution in [3.63, 3.8) is 0 Å². The van der Waals surface area contributed by atoms with Crippen LogP contribution in [0.1, 0.15) is 57.8 Å². The maximum Gasteiger partial charge on any atom is 0.224 e. The van der Waals surface area contributed by atoms with Gasteiger partial charge in [0.05, 0.1) is 0 Å². The highest BCUT2D eigenvalue weighted by Gasteiger charge is 2.42. The number of carbonyl (C=O) groups is 1. The van der Waals surface area contributed by atoms with Crippen LogP contribution >= 0.6 is 0 Å². The molecule has 1 heterocycles. The van der Waals surface area contributed by atoms with Crippen LogP contribution in [0, 0.1) is 5.92 Å². The SMILES string of the molecule is NC1(CC(=O)N2CC3CCC2C3)CCCCC1. The van der Waals surface area contributed by atoms with Gasteiger partial charge in [0, 0.05) is 24.5 Å². The van der Waals surface area contributed by atoms with E-state index in [1.54, 1.807) is 0 Å². The van der Waals surface area contributed by atoms with Gasteiger partial charge in [0.15, 0.2) is 0 Å². The van der Waals surface area contributed by atoms with Gasteiger partial charge in [0.1, 0.15) is 0 Å². The molecule has 0 aromatic rings. The first-order chi connectivity index (χ1) is 8.16. The molecule has 0 aromatic carbocycles. The first kappa shape index (κ1) is 11.5. The summed E-state index contributed by atoms with van der Waals surface area (Å²) >= 11 is 0. The summed E-state index contributed by atoms with van der Waals surface area (Å²) in [5.41, 5.74) is 6.19. The van der Waals surface area contributed by atoms with E-state index in [9.17, 15) is 4.79 Å². The lowest BCUT2D eigenvalue weighted by Crippen LogP contribution is -2.48. The first-order valence-electron chi connectivity index (χ1n) is 7.25. The van der Waals surface area contributed by atoms with Crippen LogP contribution < -0.4 is 5.73 Å². The minimum Gasteiger partial charge on any atom is -0.339 e. The molecule has 17 heavy (non-hydrogen) atoms. The number of fused-ring (bicyclic) bond motifs is 2. The molecule has 0 spiro atoms. The molecule has 1 saturated heterocycles. The Kier molecular flexibility index (Phi) is 2.89. The summed E-state index contributed by atoms with van der Waals surface area (Å²) in [6.07, 6.45) is 10.2. The zero-order valence-corrected chi connectivity index (χ0v) is 10.7. The summed E-state index contributed by atoms with van der Waals surface area (Å²) in [6.45, 7) is 1.01. The highest BCUT2D eigenvalue weighted by atomic mass is 16.2. The second-order valence-corrected chi connectivity index (χ2v) is 6.48. The van der Waals surface area contributed by atoms with Crippen LogP contribution in [0.2, 0.25) is 0 Å². The van der Waals surface area contributed by atoms with Gasteiger partial charge in [-0.15, -0.1) is 0 Å². The molecule has 2 atom stereocenters. The summed E-state index contributed by atoms with van der Waals surface area (Å²) < 4.78 is 0. The van der Waals surface area contributed by atoms with Crippen molar-refractivity contribution in [2.75, 3.05) is 6.54 Å². The molecule has 1 aliphatic heterocycles. The van der Waals surface area contributed by atoms with Gasteiger partial charge in [-0.05, 0) is 38.0 Å². The minimum atomic E-state index is -0.183. The van der Waals surface area contributed by atoms with E-state index >= 15 is 0 Å². The van der Waals surface area contributed by atoms with Gasteiger partial charge in [-0.2, -0.15) is 0 Å². The van der Waals surface area contributed by atoms with Crippen molar-refractivity contribution in [1.29, 1.82) is 0 Å². The zero-order valence-electron chi connectivity index (χ0n) is 10.7. The highest BCUT2D eigenvalue weighted by molar-refractivity contribution is 5.78. The predicted molar refractivity (Wildman–Crippen MR) is 67.5 cm³/mol. The third-order valence-electron chi connectivity index (χ3n) is 5.08. The molecule has 0 aromatic heterocycles. The minimum absolute atomic E-state index is 0.183. The summed E-state index contributed by atoms with van der Waals surface area (Å²) in [4.78, 5) is 14.5. The Morgan fingerprint density at radius 3 is 2.59 bits per heavy atom. The van der Waals surface area contributed by atoms with Crippen molar-refractivity contribution in [2.45, 2.75) is 69.4 Å². The van der Waals surface area contributed by atoms with Crippen molar-refractivity contribution in [1.82, 2.24) is 4.90 Å². The van der Waals surface area contributed by atoms with Crippen LogP contribution in [-0.4, -0.2) is 28.9 Å². The monoisotopic (exact) mass is 236 g/mol. The highest BCUT2D eigenvalue weighted by Crippen LogP contribution is 2.38. The molecule has 1 amide bonds. The molecular formula is C14H24N2O. The number of hydrogen-bond acceptors (Lipinski definition) is 2. The maximum absolute atomic E-state index is 12.4. The number of amides is 1. The molecule has 2 saturated carbocycles. The second kappa shape index (κ2) is 4.27. The van der Waals surface area contributed by atoms with Gasteiger partial charge in [-0.25, -0.2) is 0 Å². The average molecular weight is 236 g/mol. The summed E-state index contributed by atoms with van der Waals surface area (Å²) in [7, 11) is 0. The molecule has 3 heteroatoms. The fourth-order valence-corrected chi connectivity index (χ4v) is 4.07. The Balaban J connectivity index is 1.59. The molecule has 3 rings (SSSR count). The number of nitrogens with two attached hydrogens (primary N) is 1. The smallest absolute Gasteiger partial charge is 0.224 e. The number of hydrogen-bond donors (Lipinski definition) is 1. The van der Waals surface area contributed by atoms with Crippen molar-refractivity contribution >= 4 is 5.91 Å². The summed E-state index contributed by atoms with van der Waals surface area (Å²) in [6, 6.07) is 0.555. The standard InChI is InChI=1S/C14H24N2O/c15-14(6-2-1-3-7-14)9-13(17)16-10-11-4-5-12(16)8-11/h11-12H,1-10,15H2. The quantitative estimate of drug-likeness (QED) is 0.797. The molecule has 3 nitrogen and oxygen atoms in total. The van der Waals surface area contributed by atoms with Crippen LogP contribution in [0.3, 0.4) is 0 Å². The number of likely N-dealkylation sites (tertiary alicyclic amines) is 1. The molecule has 2 unspecified atom stereocenters. The Morgan fingerprint density at radius 2 is 2.00 bits per heavy atom. The van der Waals surface area contributed by atoms with Crippen molar-refractivity contribution < 1.29 is 4.79 Å². The molecule has 3 aliphatic rings. The molecule has 3 fully saturated rings. The number of rotatable bonds is 2. The maximum atomic E-state index is 12.4. The van der Waals surface area contributed by atoms with E-state index in [4.69, 9.17) is 5.73 Å². The van der Waals surface area contributed by atoms with E-state index in [-0.39, 0.29) is 5.54 Å². The fourth-order valence-electron chi connectivity index (χ4n) is 4.07. The van der Waals surface area contributed by atoms with Gasteiger partial charge in [0.25, 0.3) is 0 Å². The third kappa shape index (κ3) is 2.22. The van der Waals surface area contributed by atoms with Gasteiger partial charge in [0.2, 0.25) is 5.91 Å². The normalized spacial score (nSPS) is 35.2. The molecule has 2 aliphatic carbocycles. The van der Waals surface area contributed by atoms with Gasteiger partial charge >= 0.3 is 0 Å². The van der Waals surface area contributed by atoms with Crippen LogP contribution in [0.25, 0.3) is 0 Å². The summed E-state index contributed by atoms with van der Waals surface area (Å²) in [5, 5.41) is 0. The van der Waals surface area contributed by atoms with Crippen LogP contribution in [0.4, 0.5) is 0 Å². The number of carbonyl (C=O) groups excluding carboxylic acids is 1. The van der Waals surface area contributed by atoms with Crippen LogP contribution in [-0.2, 0) is 4.79 Å². The fraction of sp³-hybridized carbons (Fsp3) is 0.929. The van der Waals surface area contributed by atoms with Crippen molar-refractivity contribution in [2.24, 2.45) is 11.7 Å². The van der Waals surface area contributed by atoms with E-state index in [1.165, 1.54) is 38.5 Å². The molecular weight excluding hydrogens is 212 g/mol. The molecule has 96 valence electrons. The van der Waals surface area contributed by atoms with Gasteiger partial charge < -0.3 is 10.6 Å². The number of piperidine rings is 1. The largest absolute Gasteiger partial charge is 0.339 e. The Hall–Kier alpha value is -0.570. The predicted octanol–water partition coefficient (Wildman–Crippen LogP) is 2.05. The molecule has 2 N–H and O–H groups in total. The third-order valence-corrected chi connectivity index (χ3v) is 5.08. The topological polar surface area (TPSA) is 46.3 Å². The van der Waals surface area contributed by atoms with Gasteiger partial charge in [-0.3, -0.25) is 4.79 Å². The van der Waals surface area contributed by atoms with E-state index < -0.39 is 0 Å². The van der Waals surface area contributed by atoms with E-state index in [2.05, 4.69) is 4.90 Å². The van der Waals surface area contributed by atoms with Crippen LogP contribution in [0.5, 0.6) is 0 Å². The van der Waals surface area contributed by atoms with E-state index in [0.717, 1.165) is 25.3 Å². The lowest BCUT2D eigenvalue weighted by molar-refractivity contribution is -0.134. The van der Waals surface area contributed by atoms with E-state index in [1.807, 2.05) is 0 Å². The van der Waals surface area contributed by atoms with Crippen molar-refractivity contribution in [3.05, 3.63) is 0 Å². The van der Waals surface area contributed by atoms with E-state index in [0.29, 0.717) is 18.4 Å². The summed E-state index contributed by atoms with van der Waals surface area (Å²) in [5.74, 6) is 1.13. The average Bonchev–Trinajstić information content (AvgIpc) is 2.91. The lowest BCUT2D eigenvalue weighted by atomic mass is 9.80. The Labute approximate surface area is 104 Å². The van der Waals surface area contributed by atoms with Crippen molar-refractivity contribution in [3.8, 4) is 0 Å². The Bertz CT molecular complexity index is 309. The van der Waals surface area contributed by atoms with Gasteiger partial charge in [-0.1, -0.05) is 19.3 Å². The lowest BCUT2D eigenvalue weighted by Gasteiger charge is -2.36. The Morgan fingerprint density at radius 1 is 1.24 bits per heavy atom. The van der Waals surface area contributed by atoms with Crippen LogP contribution in [0.15, 0.2) is 0 Å². The molecule has 2 bridgehead atoms. The second-order valence-electron chi connectivity index (χ2n) is 6.48. The molecule has 0 radical (unpaired) electrons.